The highest BCUT2D eigenvalue weighted by molar-refractivity contribution is 6.30. The number of benzene rings is 1. The Morgan fingerprint density at radius 1 is 1.12 bits per heavy atom. The number of nitrogen functional groups attached to an aromatic ring is 1. The number of halogens is 1. The number of terminal acetylenes is 1. The van der Waals surface area contributed by atoms with Crippen LogP contribution in [0.3, 0.4) is 0 Å². The van der Waals surface area contributed by atoms with Gasteiger partial charge in [0.05, 0.1) is 0 Å². The molecule has 0 aliphatic heterocycles. The van der Waals surface area contributed by atoms with Crippen LogP contribution in [0.4, 0.5) is 5.69 Å². The van der Waals surface area contributed by atoms with E-state index in [4.69, 9.17) is 23.8 Å². The predicted octanol–water partition coefficient (Wildman–Crippen LogP) is 3.71. The van der Waals surface area contributed by atoms with Gasteiger partial charge in [-0.25, -0.2) is 0 Å². The summed E-state index contributed by atoms with van der Waals surface area (Å²) in [5.74, 6) is 4.87. The van der Waals surface area contributed by atoms with Gasteiger partial charge in [0, 0.05) is 16.3 Å². The molecule has 0 saturated heterocycles. The van der Waals surface area contributed by atoms with Crippen molar-refractivity contribution in [3.63, 3.8) is 0 Å². The highest BCUT2D eigenvalue weighted by Crippen LogP contribution is 2.49. The fourth-order valence-electron chi connectivity index (χ4n) is 2.26. The lowest BCUT2D eigenvalue weighted by Gasteiger charge is -2.46. The molecule has 16 heavy (non-hydrogen) atoms. The van der Waals surface area contributed by atoms with Crippen LogP contribution in [0.1, 0.15) is 31.2 Å². The van der Waals surface area contributed by atoms with Crippen LogP contribution in [0, 0.1) is 24.2 Å². The highest BCUT2D eigenvalue weighted by Gasteiger charge is 2.37. The Kier molecular flexibility index (Phi) is 3.41. The number of rotatable bonds is 0. The topological polar surface area (TPSA) is 26.0 Å². The average molecular weight is 234 g/mol. The zero-order valence-electron chi connectivity index (χ0n) is 9.25. The Morgan fingerprint density at radius 2 is 1.69 bits per heavy atom. The molecular formula is C14H16ClN. The van der Waals surface area contributed by atoms with Crippen LogP contribution >= 0.6 is 11.6 Å². The largest absolute Gasteiger partial charge is 0.399 e. The lowest BCUT2D eigenvalue weighted by Crippen LogP contribution is -2.34. The van der Waals surface area contributed by atoms with Gasteiger partial charge in [-0.3, -0.25) is 0 Å². The number of anilines is 1. The quantitative estimate of drug-likeness (QED) is 0.537. The fraction of sp³-hybridized carbons (Fsp3) is 0.429. The molecule has 2 saturated carbocycles. The number of nitrogens with two attached hydrogens (primary N) is 1. The summed E-state index contributed by atoms with van der Waals surface area (Å²) in [4.78, 5) is 0. The van der Waals surface area contributed by atoms with Crippen LogP contribution in [0.2, 0.25) is 5.02 Å². The van der Waals surface area contributed by atoms with Crippen molar-refractivity contribution in [1.82, 2.24) is 0 Å². The molecule has 84 valence electrons. The first-order valence-corrected chi connectivity index (χ1v) is 6.09. The molecule has 2 N–H and O–H groups in total. The number of fused-ring (bicyclic) bond motifs is 1. The molecule has 0 heterocycles. The summed E-state index contributed by atoms with van der Waals surface area (Å²) in [7, 11) is 0. The predicted molar refractivity (Wildman–Crippen MR) is 69.2 cm³/mol. The Labute approximate surface area is 102 Å². The van der Waals surface area contributed by atoms with Crippen molar-refractivity contribution in [2.24, 2.45) is 11.8 Å². The third-order valence-corrected chi connectivity index (χ3v) is 3.79. The van der Waals surface area contributed by atoms with Crippen molar-refractivity contribution in [2.45, 2.75) is 25.7 Å². The molecule has 3 rings (SSSR count). The van der Waals surface area contributed by atoms with E-state index >= 15 is 0 Å². The SMILES string of the molecule is C#Cc1cc(N)cc(Cl)c1.C1CC2CCC12. The first-order chi connectivity index (χ1) is 7.69. The molecule has 0 spiro atoms. The molecule has 2 heteroatoms. The molecule has 0 unspecified atom stereocenters. The van der Waals surface area contributed by atoms with Gasteiger partial charge >= 0.3 is 0 Å². The van der Waals surface area contributed by atoms with Crippen LogP contribution in [0.25, 0.3) is 0 Å². The minimum absolute atomic E-state index is 0.577. The Morgan fingerprint density at radius 3 is 2.00 bits per heavy atom. The summed E-state index contributed by atoms with van der Waals surface area (Å²) in [5.41, 5.74) is 6.77. The Hall–Kier alpha value is -1.13. The van der Waals surface area contributed by atoms with Crippen molar-refractivity contribution in [3.05, 3.63) is 28.8 Å². The maximum atomic E-state index is 5.65. The molecule has 2 aliphatic carbocycles. The van der Waals surface area contributed by atoms with E-state index < -0.39 is 0 Å². The van der Waals surface area contributed by atoms with Gasteiger partial charge in [0.2, 0.25) is 0 Å². The molecule has 2 aliphatic rings. The molecule has 2 fully saturated rings. The van der Waals surface area contributed by atoms with Gasteiger partial charge in [0.25, 0.3) is 0 Å². The highest BCUT2D eigenvalue weighted by atomic mass is 35.5. The second kappa shape index (κ2) is 4.80. The molecule has 1 nitrogen and oxygen atoms in total. The van der Waals surface area contributed by atoms with E-state index in [9.17, 15) is 0 Å². The van der Waals surface area contributed by atoms with Gasteiger partial charge in [-0.05, 0) is 55.7 Å². The lowest BCUT2D eigenvalue weighted by molar-refractivity contribution is 0.0548. The zero-order chi connectivity index (χ0) is 11.5. The molecule has 0 radical (unpaired) electrons. The van der Waals surface area contributed by atoms with Crippen molar-refractivity contribution in [2.75, 3.05) is 5.73 Å². The minimum atomic E-state index is 0.577. The number of hydrogen-bond acceptors (Lipinski definition) is 1. The van der Waals surface area contributed by atoms with Gasteiger partial charge in [-0.15, -0.1) is 6.42 Å². The second-order valence-electron chi connectivity index (χ2n) is 4.59. The van der Waals surface area contributed by atoms with Gasteiger partial charge in [0.15, 0.2) is 0 Å². The average Bonchev–Trinajstić information content (AvgIpc) is 2.23. The van der Waals surface area contributed by atoms with E-state index in [0.717, 1.165) is 0 Å². The summed E-state index contributed by atoms with van der Waals surface area (Å²) in [6.45, 7) is 0. The van der Waals surface area contributed by atoms with Gasteiger partial charge in [-0.2, -0.15) is 0 Å². The van der Waals surface area contributed by atoms with E-state index in [2.05, 4.69) is 5.92 Å². The van der Waals surface area contributed by atoms with Gasteiger partial charge in [-0.1, -0.05) is 17.5 Å². The smallest absolute Gasteiger partial charge is 0.0438 e. The minimum Gasteiger partial charge on any atom is -0.399 e. The Balaban J connectivity index is 0.000000134. The zero-order valence-corrected chi connectivity index (χ0v) is 10.0. The maximum absolute atomic E-state index is 5.65. The van der Waals surface area contributed by atoms with Crippen molar-refractivity contribution >= 4 is 17.3 Å². The molecule has 0 aromatic heterocycles. The lowest BCUT2D eigenvalue weighted by atomic mass is 9.60. The van der Waals surface area contributed by atoms with E-state index in [1.54, 1.807) is 43.9 Å². The summed E-state index contributed by atoms with van der Waals surface area (Å²) in [6, 6.07) is 5.05. The molecular weight excluding hydrogens is 218 g/mol. The summed E-state index contributed by atoms with van der Waals surface area (Å²) in [6.07, 6.45) is 11.4. The summed E-state index contributed by atoms with van der Waals surface area (Å²) in [5, 5.41) is 0.577. The van der Waals surface area contributed by atoms with E-state index in [0.29, 0.717) is 16.3 Å². The summed E-state index contributed by atoms with van der Waals surface area (Å²) >= 11 is 5.65. The van der Waals surface area contributed by atoms with Crippen LogP contribution < -0.4 is 5.73 Å². The molecule has 0 amide bonds. The van der Waals surface area contributed by atoms with Crippen molar-refractivity contribution in [1.29, 1.82) is 0 Å². The van der Waals surface area contributed by atoms with Crippen LogP contribution in [0.15, 0.2) is 18.2 Å². The number of hydrogen-bond donors (Lipinski definition) is 1. The third-order valence-electron chi connectivity index (χ3n) is 3.57. The standard InChI is InChI=1S/C8H6ClN.C6H10/c1-2-6-3-7(9)5-8(10)4-6;1-2-6-4-3-5(1)6/h1,3-5H,10H2;5-6H,1-4H2. The Bertz CT molecular complexity index is 381. The first-order valence-electron chi connectivity index (χ1n) is 5.71. The van der Waals surface area contributed by atoms with Crippen molar-refractivity contribution < 1.29 is 0 Å². The van der Waals surface area contributed by atoms with Crippen LogP contribution in [-0.2, 0) is 0 Å². The van der Waals surface area contributed by atoms with E-state index in [-0.39, 0.29) is 0 Å². The third kappa shape index (κ3) is 2.51. The van der Waals surface area contributed by atoms with Crippen LogP contribution in [-0.4, -0.2) is 0 Å². The fourth-order valence-corrected chi connectivity index (χ4v) is 2.50. The normalized spacial score (nSPS) is 25.0. The second-order valence-corrected chi connectivity index (χ2v) is 5.03. The first kappa shape index (κ1) is 11.4. The summed E-state index contributed by atoms with van der Waals surface area (Å²) < 4.78 is 0. The van der Waals surface area contributed by atoms with Gasteiger partial charge in [0.1, 0.15) is 0 Å². The molecule has 0 atom stereocenters. The van der Waals surface area contributed by atoms with Crippen molar-refractivity contribution in [3.8, 4) is 12.3 Å². The van der Waals surface area contributed by atoms with Crippen LogP contribution in [0.5, 0.6) is 0 Å². The molecule has 1 aromatic rings. The van der Waals surface area contributed by atoms with Gasteiger partial charge < -0.3 is 5.73 Å². The maximum Gasteiger partial charge on any atom is 0.0438 e. The molecule has 0 bridgehead atoms. The van der Waals surface area contributed by atoms with E-state index in [1.807, 2.05) is 0 Å². The van der Waals surface area contributed by atoms with E-state index in [1.165, 1.54) is 11.8 Å². The molecule has 1 aromatic carbocycles. The monoisotopic (exact) mass is 233 g/mol.